The molecule has 1 fully saturated rings. The third-order valence-corrected chi connectivity index (χ3v) is 14.9. The van der Waals surface area contributed by atoms with Crippen molar-refractivity contribution in [2.24, 2.45) is 0 Å². The zero-order valence-corrected chi connectivity index (χ0v) is 47.1. The summed E-state index contributed by atoms with van der Waals surface area (Å²) in [6, 6.07) is -1.02. The van der Waals surface area contributed by atoms with Crippen molar-refractivity contribution in [1.82, 2.24) is 5.32 Å². The number of hydrogen-bond donors (Lipinski definition) is 6. The van der Waals surface area contributed by atoms with Crippen LogP contribution in [0, 0.1) is 0 Å². The van der Waals surface area contributed by atoms with Gasteiger partial charge in [-0.2, -0.15) is 0 Å². The molecule has 0 aromatic carbocycles. The normalized spacial score (nSPS) is 19.5. The summed E-state index contributed by atoms with van der Waals surface area (Å²) in [5, 5.41) is 56.9. The molecule has 72 heavy (non-hydrogen) atoms. The van der Waals surface area contributed by atoms with E-state index in [1.165, 1.54) is 199 Å². The van der Waals surface area contributed by atoms with Gasteiger partial charge in [-0.1, -0.05) is 283 Å². The molecule has 0 radical (unpaired) electrons. The van der Waals surface area contributed by atoms with E-state index >= 15 is 0 Å². The third kappa shape index (κ3) is 38.0. The predicted octanol–water partition coefficient (Wildman–Crippen LogP) is 14.3. The molecule has 0 spiro atoms. The summed E-state index contributed by atoms with van der Waals surface area (Å²) in [4.78, 5) is 26.5. The Morgan fingerprint density at radius 2 is 0.903 bits per heavy atom. The summed E-state index contributed by atoms with van der Waals surface area (Å²) in [7, 11) is 0. The molecule has 1 aliphatic rings. The molecule has 1 rings (SSSR count). The van der Waals surface area contributed by atoms with E-state index in [9.17, 15) is 35.1 Å². The minimum Gasteiger partial charge on any atom is -0.454 e. The van der Waals surface area contributed by atoms with Crippen LogP contribution in [0.25, 0.3) is 0 Å². The number of esters is 1. The van der Waals surface area contributed by atoms with Crippen molar-refractivity contribution in [1.29, 1.82) is 0 Å². The van der Waals surface area contributed by atoms with Crippen molar-refractivity contribution >= 4 is 11.9 Å². The fourth-order valence-corrected chi connectivity index (χ4v) is 10.0. The summed E-state index contributed by atoms with van der Waals surface area (Å²) in [5.74, 6) is -1.18. The average molecular weight is 1020 g/mol. The van der Waals surface area contributed by atoms with E-state index in [2.05, 4.69) is 26.1 Å². The highest BCUT2D eigenvalue weighted by Crippen LogP contribution is 2.26. The Morgan fingerprint density at radius 1 is 0.528 bits per heavy atom. The maximum absolute atomic E-state index is 13.4. The summed E-state index contributed by atoms with van der Waals surface area (Å²) in [6.07, 6.45) is 45.4. The topological polar surface area (TPSA) is 175 Å². The van der Waals surface area contributed by atoms with Crippen LogP contribution in [-0.2, 0) is 23.8 Å². The van der Waals surface area contributed by atoms with Gasteiger partial charge in [0.25, 0.3) is 0 Å². The average Bonchev–Trinajstić information content (AvgIpc) is 3.38. The van der Waals surface area contributed by atoms with Gasteiger partial charge < -0.3 is 45.1 Å². The SMILES string of the molecule is CCCCCCCCCCCC/C=C/C(O)C(COC1OC(CO)C(O)C(O)C1OC(=O)CCCCCCCCCCCCCCC)NC(=O)C(O)CCCCCCCCCCCCCCCCCCCC. The Hall–Kier alpha value is -1.60. The van der Waals surface area contributed by atoms with E-state index in [0.717, 1.165) is 57.8 Å². The molecule has 8 atom stereocenters. The summed E-state index contributed by atoms with van der Waals surface area (Å²) < 4.78 is 17.6. The Balaban J connectivity index is 2.67. The quantitative estimate of drug-likeness (QED) is 0.0195. The van der Waals surface area contributed by atoms with Crippen molar-refractivity contribution in [3.05, 3.63) is 12.2 Å². The van der Waals surface area contributed by atoms with Gasteiger partial charge in [-0.3, -0.25) is 9.59 Å². The van der Waals surface area contributed by atoms with Gasteiger partial charge in [0.1, 0.15) is 24.4 Å². The number of rotatable bonds is 53. The van der Waals surface area contributed by atoms with Gasteiger partial charge in [-0.05, 0) is 25.7 Å². The minimum absolute atomic E-state index is 0.131. The largest absolute Gasteiger partial charge is 0.454 e. The van der Waals surface area contributed by atoms with Crippen molar-refractivity contribution in [3.63, 3.8) is 0 Å². The highest BCUT2D eigenvalue weighted by Gasteiger charge is 2.47. The first-order valence-electron chi connectivity index (χ1n) is 31.0. The lowest BCUT2D eigenvalue weighted by molar-refractivity contribution is -0.305. The van der Waals surface area contributed by atoms with Crippen molar-refractivity contribution in [3.8, 4) is 0 Å². The molecule has 426 valence electrons. The van der Waals surface area contributed by atoms with E-state index < -0.39 is 67.4 Å². The second-order valence-electron chi connectivity index (χ2n) is 21.8. The highest BCUT2D eigenvalue weighted by molar-refractivity contribution is 5.80. The molecule has 1 saturated heterocycles. The van der Waals surface area contributed by atoms with Gasteiger partial charge in [-0.15, -0.1) is 0 Å². The molecule has 1 aliphatic heterocycles. The van der Waals surface area contributed by atoms with Gasteiger partial charge in [0.15, 0.2) is 12.4 Å². The molecule has 1 heterocycles. The Labute approximate surface area is 442 Å². The molecule has 0 aliphatic carbocycles. The Kier molecular flexibility index (Phi) is 47.7. The number of carbonyl (C=O) groups excluding carboxylic acids is 2. The van der Waals surface area contributed by atoms with Crippen molar-refractivity contribution in [2.45, 2.75) is 352 Å². The lowest BCUT2D eigenvalue weighted by Gasteiger charge is -2.41. The van der Waals surface area contributed by atoms with Crippen LogP contribution in [0.3, 0.4) is 0 Å². The van der Waals surface area contributed by atoms with E-state index in [0.29, 0.717) is 19.3 Å². The first kappa shape index (κ1) is 68.4. The number of hydrogen-bond acceptors (Lipinski definition) is 10. The molecular formula is C61H117NO10. The number of allylic oxidation sites excluding steroid dienone is 1. The van der Waals surface area contributed by atoms with Crippen LogP contribution >= 0.6 is 0 Å². The Bertz CT molecular complexity index is 1220. The fourth-order valence-electron chi connectivity index (χ4n) is 10.0. The summed E-state index contributed by atoms with van der Waals surface area (Å²) in [6.45, 7) is 5.81. The number of carbonyl (C=O) groups is 2. The van der Waals surface area contributed by atoms with Crippen LogP contribution in [0.5, 0.6) is 0 Å². The van der Waals surface area contributed by atoms with Gasteiger partial charge in [0, 0.05) is 6.42 Å². The van der Waals surface area contributed by atoms with E-state index in [-0.39, 0.29) is 13.0 Å². The van der Waals surface area contributed by atoms with Crippen LogP contribution in [-0.4, -0.2) is 99.6 Å². The monoisotopic (exact) mass is 1020 g/mol. The number of ether oxygens (including phenoxy) is 3. The highest BCUT2D eigenvalue weighted by atomic mass is 16.7. The number of aliphatic hydroxyl groups is 5. The maximum Gasteiger partial charge on any atom is 0.306 e. The molecule has 0 saturated carbocycles. The minimum atomic E-state index is -1.60. The van der Waals surface area contributed by atoms with Crippen LogP contribution < -0.4 is 5.32 Å². The van der Waals surface area contributed by atoms with Crippen LogP contribution in [0.4, 0.5) is 0 Å². The summed E-state index contributed by atoms with van der Waals surface area (Å²) in [5.41, 5.74) is 0. The standard InChI is InChI=1S/C61H117NO10/c1-4-7-10-13-16-19-22-25-26-27-28-29-31-33-36-39-42-45-48-54(65)60(69)62-52(53(64)47-44-41-38-35-32-24-21-18-15-12-9-6-3)51-70-61-59(58(68)57(67)55(50-63)71-61)72-56(66)49-46-43-40-37-34-30-23-20-17-14-11-8-5-2/h44,47,52-55,57-59,61,63-65,67-68H,4-43,45-46,48-51H2,1-3H3,(H,62,69)/b47-44+. The van der Waals surface area contributed by atoms with Crippen LogP contribution in [0.1, 0.15) is 303 Å². The third-order valence-electron chi connectivity index (χ3n) is 14.9. The van der Waals surface area contributed by atoms with Crippen molar-refractivity contribution in [2.75, 3.05) is 13.2 Å². The second kappa shape index (κ2) is 50.2. The number of amides is 1. The first-order chi connectivity index (χ1) is 35.2. The fraction of sp³-hybridized carbons (Fsp3) is 0.934. The number of nitrogens with one attached hydrogen (secondary N) is 1. The molecule has 8 unspecified atom stereocenters. The van der Waals surface area contributed by atoms with E-state index in [4.69, 9.17) is 14.2 Å². The molecule has 0 aromatic heterocycles. The van der Waals surface area contributed by atoms with Crippen LogP contribution in [0.2, 0.25) is 0 Å². The Morgan fingerprint density at radius 3 is 1.31 bits per heavy atom. The zero-order chi connectivity index (χ0) is 52.5. The predicted molar refractivity (Wildman–Crippen MR) is 297 cm³/mol. The number of aliphatic hydroxyl groups excluding tert-OH is 5. The molecule has 1 amide bonds. The molecular weight excluding hydrogens is 907 g/mol. The van der Waals surface area contributed by atoms with Gasteiger partial charge >= 0.3 is 5.97 Å². The lowest BCUT2D eigenvalue weighted by Crippen LogP contribution is -2.61. The molecule has 0 bridgehead atoms. The zero-order valence-electron chi connectivity index (χ0n) is 47.1. The van der Waals surface area contributed by atoms with Gasteiger partial charge in [-0.25, -0.2) is 0 Å². The molecule has 11 nitrogen and oxygen atoms in total. The van der Waals surface area contributed by atoms with E-state index in [1.807, 2.05) is 6.08 Å². The summed E-state index contributed by atoms with van der Waals surface area (Å²) >= 11 is 0. The second-order valence-corrected chi connectivity index (χ2v) is 21.8. The molecule has 0 aromatic rings. The lowest BCUT2D eigenvalue weighted by atomic mass is 9.99. The molecule has 6 N–H and O–H groups in total. The first-order valence-corrected chi connectivity index (χ1v) is 31.0. The van der Waals surface area contributed by atoms with Gasteiger partial charge in [0.2, 0.25) is 5.91 Å². The molecule has 11 heteroatoms. The van der Waals surface area contributed by atoms with Crippen LogP contribution in [0.15, 0.2) is 12.2 Å². The van der Waals surface area contributed by atoms with Gasteiger partial charge in [0.05, 0.1) is 25.4 Å². The number of unbranched alkanes of at least 4 members (excludes halogenated alkanes) is 39. The maximum atomic E-state index is 13.4. The van der Waals surface area contributed by atoms with Crippen molar-refractivity contribution < 1.29 is 49.3 Å². The van der Waals surface area contributed by atoms with E-state index in [1.54, 1.807) is 6.08 Å². The smallest absolute Gasteiger partial charge is 0.306 e.